The average Bonchev–Trinajstić information content (AvgIpc) is 3.89. The zero-order valence-corrected chi connectivity index (χ0v) is 34.6. The van der Waals surface area contributed by atoms with Gasteiger partial charge in [-0.2, -0.15) is 0 Å². The lowest BCUT2D eigenvalue weighted by Gasteiger charge is -2.22. The molecule has 0 amide bonds. The molecule has 6 aromatic carbocycles. The summed E-state index contributed by atoms with van der Waals surface area (Å²) in [7, 11) is 0. The number of imidazole rings is 1. The fraction of sp³-hybridized carbons (Fsp3) is 0.145. The maximum atomic E-state index is 9.06. The van der Waals surface area contributed by atoms with Crippen LogP contribution < -0.4 is 9.30 Å². The molecule has 0 fully saturated rings. The van der Waals surface area contributed by atoms with Gasteiger partial charge in [-0.15, -0.1) is 0 Å². The second-order valence-electron chi connectivity index (χ2n) is 17.1. The van der Waals surface area contributed by atoms with Crippen LogP contribution in [0.3, 0.4) is 0 Å². The summed E-state index contributed by atoms with van der Waals surface area (Å²) < 4.78 is 99.8. The minimum absolute atomic E-state index is 0.0985. The Bertz CT molecular complexity index is 3700. The van der Waals surface area contributed by atoms with Gasteiger partial charge in [0.2, 0.25) is 0 Å². The number of para-hydroxylation sites is 2. The van der Waals surface area contributed by atoms with Gasteiger partial charge < -0.3 is 4.74 Å². The van der Waals surface area contributed by atoms with Crippen LogP contribution in [0.1, 0.15) is 66.4 Å². The number of nitrogens with zero attached hydrogens (tertiary/aromatic N) is 5. The van der Waals surface area contributed by atoms with Crippen molar-refractivity contribution in [2.75, 3.05) is 0 Å². The molecule has 0 bridgehead atoms. The van der Waals surface area contributed by atoms with Crippen molar-refractivity contribution in [3.63, 3.8) is 0 Å². The highest BCUT2D eigenvalue weighted by Gasteiger charge is 2.23. The number of hydrogen-bond donors (Lipinski definition) is 0. The van der Waals surface area contributed by atoms with Crippen molar-refractivity contribution >= 4 is 32.8 Å². The van der Waals surface area contributed by atoms with Gasteiger partial charge in [0.1, 0.15) is 17.3 Å². The highest BCUT2D eigenvalue weighted by molar-refractivity contribution is 6.09. The number of ether oxygens (including phenoxy) is 1. The molecule has 0 aliphatic heterocycles. The Labute approximate surface area is 371 Å². The Kier molecular flexibility index (Phi) is 6.82. The fourth-order valence-corrected chi connectivity index (χ4v) is 7.88. The maximum Gasteiger partial charge on any atom is 0.269 e. The molecule has 0 saturated carbocycles. The van der Waals surface area contributed by atoms with Crippen molar-refractivity contribution in [1.29, 1.82) is 0 Å². The van der Waals surface area contributed by atoms with E-state index < -0.39 is 60.4 Å². The van der Waals surface area contributed by atoms with E-state index in [-0.39, 0.29) is 38.8 Å². The number of hydrogen-bond acceptors (Lipinski definition) is 3. The van der Waals surface area contributed by atoms with Gasteiger partial charge in [0.05, 0.1) is 47.1 Å². The molecule has 0 spiro atoms. The van der Waals surface area contributed by atoms with Crippen LogP contribution in [0.4, 0.5) is 0 Å². The first-order valence-corrected chi connectivity index (χ1v) is 20.1. The van der Waals surface area contributed by atoms with Crippen LogP contribution in [-0.4, -0.2) is 19.1 Å². The lowest BCUT2D eigenvalue weighted by Crippen LogP contribution is -2.31. The molecule has 4 aromatic heterocycles. The number of benzene rings is 6. The predicted molar refractivity (Wildman–Crippen MR) is 248 cm³/mol. The van der Waals surface area contributed by atoms with Crippen LogP contribution in [0.15, 0.2) is 176 Å². The first-order valence-electron chi connectivity index (χ1n) is 25.1. The van der Waals surface area contributed by atoms with Gasteiger partial charge in [-0.3, -0.25) is 18.7 Å². The molecular weight excluding hydrogens is 747 g/mol. The van der Waals surface area contributed by atoms with Crippen LogP contribution in [0.2, 0.25) is 0 Å². The van der Waals surface area contributed by atoms with Gasteiger partial charge in [-0.1, -0.05) is 138 Å². The van der Waals surface area contributed by atoms with Gasteiger partial charge in [0.15, 0.2) is 0 Å². The first kappa shape index (κ1) is 28.2. The molecule has 61 heavy (non-hydrogen) atoms. The second-order valence-corrected chi connectivity index (χ2v) is 17.1. The van der Waals surface area contributed by atoms with E-state index in [0.29, 0.717) is 28.2 Å². The molecule has 0 radical (unpaired) electrons. The molecule has 0 aliphatic rings. The Hall–Kier alpha value is -7.31. The highest BCUT2D eigenvalue weighted by Crippen LogP contribution is 2.39. The summed E-state index contributed by atoms with van der Waals surface area (Å²) in [5, 5.41) is 2.12. The molecular formula is C55H47N5O. The van der Waals surface area contributed by atoms with E-state index >= 15 is 0 Å². The van der Waals surface area contributed by atoms with Crippen LogP contribution in [0, 0.1) is 6.33 Å². The van der Waals surface area contributed by atoms with Crippen molar-refractivity contribution in [1.82, 2.24) is 19.1 Å². The fourth-order valence-electron chi connectivity index (χ4n) is 7.88. The molecule has 10 aromatic rings. The highest BCUT2D eigenvalue weighted by atomic mass is 16.5. The quantitative estimate of drug-likeness (QED) is 0.119. The van der Waals surface area contributed by atoms with E-state index in [1.807, 2.05) is 54.7 Å². The molecule has 298 valence electrons. The summed E-state index contributed by atoms with van der Waals surface area (Å²) in [6, 6.07) is 25.6. The number of fused-ring (bicyclic) bond motifs is 4. The zero-order chi connectivity index (χ0) is 50.6. The first-order chi connectivity index (χ1) is 33.6. The molecule has 0 unspecified atom stereocenters. The predicted octanol–water partition coefficient (Wildman–Crippen LogP) is 13.3. The van der Waals surface area contributed by atoms with Crippen LogP contribution in [0.5, 0.6) is 11.5 Å². The van der Waals surface area contributed by atoms with E-state index in [4.69, 9.17) is 23.4 Å². The van der Waals surface area contributed by atoms with Gasteiger partial charge in [0, 0.05) is 35.4 Å². The third-order valence-electron chi connectivity index (χ3n) is 11.0. The van der Waals surface area contributed by atoms with Crippen molar-refractivity contribution in [2.45, 2.75) is 52.4 Å². The third-order valence-corrected chi connectivity index (χ3v) is 11.0. The topological polar surface area (TPSA) is 48.8 Å². The summed E-state index contributed by atoms with van der Waals surface area (Å²) in [6.07, 6.45) is 8.56. The Morgan fingerprint density at radius 1 is 0.607 bits per heavy atom. The summed E-state index contributed by atoms with van der Waals surface area (Å²) in [4.78, 5) is 9.35. The zero-order valence-electron chi connectivity index (χ0n) is 44.6. The summed E-state index contributed by atoms with van der Waals surface area (Å²) in [5.41, 5.74) is 5.34. The summed E-state index contributed by atoms with van der Waals surface area (Å²) in [6.45, 7) is 12.8. The molecule has 6 nitrogen and oxygen atoms in total. The van der Waals surface area contributed by atoms with Crippen molar-refractivity contribution in [3.8, 4) is 50.9 Å². The van der Waals surface area contributed by atoms with Crippen LogP contribution >= 0.6 is 0 Å². The van der Waals surface area contributed by atoms with Crippen LogP contribution in [-0.2, 0) is 10.8 Å². The molecule has 4 heterocycles. The monoisotopic (exact) mass is 803 g/mol. The Morgan fingerprint density at radius 3 is 2.00 bits per heavy atom. The largest absolute Gasteiger partial charge is 0.458 e. The maximum absolute atomic E-state index is 9.06. The lowest BCUT2D eigenvalue weighted by atomic mass is 9.86. The van der Waals surface area contributed by atoms with E-state index in [2.05, 4.69) is 81.7 Å². The third kappa shape index (κ3) is 6.94. The van der Waals surface area contributed by atoms with E-state index in [0.717, 1.165) is 38.8 Å². The molecule has 0 N–H and O–H groups in total. The van der Waals surface area contributed by atoms with E-state index in [1.165, 1.54) is 0 Å². The molecule has 0 saturated heterocycles. The van der Waals surface area contributed by atoms with Crippen molar-refractivity contribution < 1.29 is 23.0 Å². The Morgan fingerprint density at radius 2 is 1.30 bits per heavy atom. The standard InChI is InChI=1S/C55H47N5O/c1-54(2,3)39-26-29-57-52(32-39)60-48-23-14-13-20-46(48)47-25-24-42(34-50(47)60)61-43-31-40(55(4,5)6)30-41(33-43)58-36-59(49-27-28-56-35-51(49)58)53-44(37-16-9-7-10-17-37)21-15-22-45(53)38-18-11-8-12-19-38/h7-35H,1-6H3/i7D,8D,9D,10D,11D,12D,16D,17D,18D,19D. The van der Waals surface area contributed by atoms with Crippen LogP contribution in [0.25, 0.3) is 72.3 Å². The average molecular weight is 804 g/mol. The number of pyridine rings is 2. The van der Waals surface area contributed by atoms with E-state index in [1.54, 1.807) is 45.8 Å². The number of rotatable bonds is 7. The minimum atomic E-state index is -0.573. The normalized spacial score (nSPS) is 14.4. The van der Waals surface area contributed by atoms with Gasteiger partial charge in [-0.05, 0) is 98.8 Å². The summed E-state index contributed by atoms with van der Waals surface area (Å²) >= 11 is 0. The van der Waals surface area contributed by atoms with Gasteiger partial charge >= 0.3 is 0 Å². The minimum Gasteiger partial charge on any atom is -0.458 e. The van der Waals surface area contributed by atoms with Crippen molar-refractivity contribution in [3.05, 3.63) is 194 Å². The molecule has 0 atom stereocenters. The molecule has 10 rings (SSSR count). The molecule has 0 aliphatic carbocycles. The number of aromatic nitrogens is 5. The SMILES string of the molecule is [2H]c1c([2H])c([2H])c(-c2cccc(-c3c([2H])c([2H])c([2H])c([2H])c3[2H])c2-[n+]2[c-]n(-c3cc(Oc4ccc5c6ccccc6n(-c6cc(C(C)(C)C)ccn6)c5c4)cc(C(C)(C)C)c3)c3cnccc32)c([2H])c1[2H]. The smallest absolute Gasteiger partial charge is 0.269 e. The van der Waals surface area contributed by atoms with Gasteiger partial charge in [0.25, 0.3) is 6.33 Å². The molecule has 6 heteroatoms. The van der Waals surface area contributed by atoms with Gasteiger partial charge in [-0.25, -0.2) is 4.98 Å². The van der Waals surface area contributed by atoms with Crippen molar-refractivity contribution in [2.24, 2.45) is 0 Å². The lowest BCUT2D eigenvalue weighted by molar-refractivity contribution is -0.571. The Balaban J connectivity index is 1.20. The second kappa shape index (κ2) is 14.8. The van der Waals surface area contributed by atoms with E-state index in [9.17, 15) is 0 Å². The summed E-state index contributed by atoms with van der Waals surface area (Å²) in [5.74, 6) is 1.89.